The van der Waals surface area contributed by atoms with Crippen LogP contribution < -0.4 is 0 Å². The molecule has 0 aromatic carbocycles. The van der Waals surface area contributed by atoms with Crippen LogP contribution in [0.25, 0.3) is 0 Å². The van der Waals surface area contributed by atoms with E-state index in [1.165, 1.54) is 0 Å². The highest BCUT2D eigenvalue weighted by atomic mass is 16.5. The Morgan fingerprint density at radius 3 is 2.38 bits per heavy atom. The number of nitrogens with zero attached hydrogens (tertiary/aromatic N) is 4. The average Bonchev–Trinajstić information content (AvgIpc) is 2.64. The van der Waals surface area contributed by atoms with Gasteiger partial charge in [0.1, 0.15) is 5.76 Å². The van der Waals surface area contributed by atoms with Crippen molar-refractivity contribution in [2.45, 2.75) is 13.8 Å². The van der Waals surface area contributed by atoms with Gasteiger partial charge in [-0.2, -0.15) is 5.21 Å². The third-order valence-electron chi connectivity index (χ3n) is 1.22. The summed E-state index contributed by atoms with van der Waals surface area (Å²) >= 11 is 0. The van der Waals surface area contributed by atoms with Gasteiger partial charge in [0.2, 0.25) is 0 Å². The van der Waals surface area contributed by atoms with Gasteiger partial charge in [-0.3, -0.25) is 0 Å². The van der Waals surface area contributed by atoms with Crippen LogP contribution in [-0.4, -0.2) is 33.1 Å². The fourth-order valence-corrected chi connectivity index (χ4v) is 0.685. The number of hydrogen-bond acceptors (Lipinski definition) is 5. The fourth-order valence-electron chi connectivity index (χ4n) is 0.685. The Kier molecular flexibility index (Phi) is 3.13. The van der Waals surface area contributed by atoms with Crippen molar-refractivity contribution in [3.63, 3.8) is 0 Å². The van der Waals surface area contributed by atoms with Crippen molar-refractivity contribution >= 4 is 5.90 Å². The summed E-state index contributed by atoms with van der Waals surface area (Å²) in [5.74, 6) is 2.15. The van der Waals surface area contributed by atoms with Crippen LogP contribution in [0.15, 0.2) is 17.3 Å². The lowest BCUT2D eigenvalue weighted by Crippen LogP contribution is -1.86. The summed E-state index contributed by atoms with van der Waals surface area (Å²) in [6, 6.07) is 0. The number of aromatic nitrogens is 4. The molecule has 1 N–H and O–H groups in total. The Morgan fingerprint density at radius 2 is 2.23 bits per heavy atom. The predicted molar refractivity (Wildman–Crippen MR) is 47.1 cm³/mol. The Morgan fingerprint density at radius 1 is 1.46 bits per heavy atom. The lowest BCUT2D eigenvalue weighted by molar-refractivity contribution is 0.438. The Labute approximate surface area is 75.7 Å². The van der Waals surface area contributed by atoms with Gasteiger partial charge in [0.05, 0.1) is 6.54 Å². The smallest absolute Gasteiger partial charge is 0.187 e. The molecule has 70 valence electrons. The molecule has 1 aliphatic heterocycles. The maximum absolute atomic E-state index is 4.92. The topological polar surface area (TPSA) is 76.1 Å². The Hall–Kier alpha value is -1.72. The second-order valence-electron chi connectivity index (χ2n) is 2.44. The summed E-state index contributed by atoms with van der Waals surface area (Å²) in [7, 11) is 0. The Bertz CT molecular complexity index is 303. The molecule has 0 amide bonds. The van der Waals surface area contributed by atoms with Crippen molar-refractivity contribution in [2.24, 2.45) is 4.99 Å². The van der Waals surface area contributed by atoms with Crippen molar-refractivity contribution in [1.82, 2.24) is 20.6 Å². The molecule has 0 saturated carbocycles. The molecule has 2 heterocycles. The van der Waals surface area contributed by atoms with E-state index in [9.17, 15) is 0 Å². The van der Waals surface area contributed by atoms with E-state index in [4.69, 9.17) is 4.74 Å². The van der Waals surface area contributed by atoms with Crippen molar-refractivity contribution < 1.29 is 4.74 Å². The zero-order chi connectivity index (χ0) is 9.68. The van der Waals surface area contributed by atoms with Gasteiger partial charge in [-0.05, 0) is 6.92 Å². The molecule has 0 saturated heterocycles. The first-order valence-corrected chi connectivity index (χ1v) is 3.75. The minimum atomic E-state index is 0.645. The third-order valence-corrected chi connectivity index (χ3v) is 1.22. The predicted octanol–water partition coefficient (Wildman–Crippen LogP) is 0.457. The van der Waals surface area contributed by atoms with Gasteiger partial charge in [-0.1, -0.05) is 11.8 Å². The summed E-state index contributed by atoms with van der Waals surface area (Å²) in [4.78, 5) is 3.91. The van der Waals surface area contributed by atoms with Crippen LogP contribution in [0.3, 0.4) is 0 Å². The van der Waals surface area contributed by atoms with Crippen molar-refractivity contribution in [2.75, 3.05) is 6.54 Å². The van der Waals surface area contributed by atoms with E-state index in [0.29, 0.717) is 12.4 Å². The van der Waals surface area contributed by atoms with Crippen LogP contribution in [0.4, 0.5) is 0 Å². The minimum Gasteiger partial charge on any atom is -0.447 e. The number of H-pyrrole nitrogens is 1. The zero-order valence-corrected chi connectivity index (χ0v) is 7.61. The van der Waals surface area contributed by atoms with Crippen molar-refractivity contribution in [1.29, 1.82) is 0 Å². The van der Waals surface area contributed by atoms with Gasteiger partial charge in [-0.25, -0.2) is 4.99 Å². The molecule has 6 nitrogen and oxygen atoms in total. The third kappa shape index (κ3) is 3.46. The van der Waals surface area contributed by atoms with Crippen LogP contribution in [0.1, 0.15) is 12.7 Å². The summed E-state index contributed by atoms with van der Waals surface area (Å²) in [6.07, 6.45) is 0. The first-order valence-electron chi connectivity index (χ1n) is 3.75. The van der Waals surface area contributed by atoms with Gasteiger partial charge in [0.15, 0.2) is 11.7 Å². The van der Waals surface area contributed by atoms with Gasteiger partial charge in [0.25, 0.3) is 0 Å². The summed E-state index contributed by atoms with van der Waals surface area (Å²) in [5, 5.41) is 12.7. The quantitative estimate of drug-likeness (QED) is 0.630. The van der Waals surface area contributed by atoms with E-state index in [-0.39, 0.29) is 0 Å². The van der Waals surface area contributed by atoms with E-state index in [0.717, 1.165) is 11.7 Å². The number of hydrogen-bond donors (Lipinski definition) is 1. The van der Waals surface area contributed by atoms with E-state index in [1.54, 1.807) is 6.92 Å². The molecule has 0 bridgehead atoms. The lowest BCUT2D eigenvalue weighted by atomic mass is 10.6. The second-order valence-corrected chi connectivity index (χ2v) is 2.44. The SMILES string of the molecule is C=C1CN=C(C)O1.Cc1nn[nH]n1. The Balaban J connectivity index is 0.000000132. The van der Waals surface area contributed by atoms with E-state index in [2.05, 4.69) is 32.2 Å². The number of aromatic amines is 1. The number of nitrogens with one attached hydrogen (secondary N) is 1. The highest BCUT2D eigenvalue weighted by molar-refractivity contribution is 5.76. The van der Waals surface area contributed by atoms with Crippen LogP contribution in [0, 0.1) is 6.92 Å². The van der Waals surface area contributed by atoms with Gasteiger partial charge < -0.3 is 4.74 Å². The minimum absolute atomic E-state index is 0.645. The van der Waals surface area contributed by atoms with E-state index in [1.807, 2.05) is 6.92 Å². The summed E-state index contributed by atoms with van der Waals surface area (Å²) < 4.78 is 4.92. The highest BCUT2D eigenvalue weighted by Crippen LogP contribution is 2.03. The normalized spacial score (nSPS) is 14.3. The summed E-state index contributed by atoms with van der Waals surface area (Å²) in [6.45, 7) is 7.80. The molecule has 6 heteroatoms. The number of aryl methyl sites for hydroxylation is 1. The van der Waals surface area contributed by atoms with Crippen molar-refractivity contribution in [3.05, 3.63) is 18.2 Å². The van der Waals surface area contributed by atoms with Crippen LogP contribution >= 0.6 is 0 Å². The molecule has 13 heavy (non-hydrogen) atoms. The standard InChI is InChI=1S/C5H7NO.C2H4N4/c1-4-3-6-5(2)7-4;1-2-3-5-6-4-2/h1,3H2,2H3;1H3,(H,3,4,5,6). The maximum atomic E-state index is 4.92. The first kappa shape index (κ1) is 9.37. The highest BCUT2D eigenvalue weighted by Gasteiger charge is 2.03. The van der Waals surface area contributed by atoms with E-state index >= 15 is 0 Å². The van der Waals surface area contributed by atoms with Crippen LogP contribution in [0.2, 0.25) is 0 Å². The van der Waals surface area contributed by atoms with Crippen LogP contribution in [-0.2, 0) is 4.74 Å². The molecule has 0 radical (unpaired) electrons. The van der Waals surface area contributed by atoms with Gasteiger partial charge >= 0.3 is 0 Å². The number of ether oxygens (including phenoxy) is 1. The molecule has 0 aliphatic carbocycles. The van der Waals surface area contributed by atoms with Gasteiger partial charge in [0, 0.05) is 6.92 Å². The van der Waals surface area contributed by atoms with Crippen LogP contribution in [0.5, 0.6) is 0 Å². The number of aliphatic imine (C=N–C) groups is 1. The fraction of sp³-hybridized carbons (Fsp3) is 0.429. The largest absolute Gasteiger partial charge is 0.447 e. The molecule has 0 fully saturated rings. The molecular weight excluding hydrogens is 170 g/mol. The average molecular weight is 181 g/mol. The van der Waals surface area contributed by atoms with Gasteiger partial charge in [-0.15, -0.1) is 10.2 Å². The first-order chi connectivity index (χ1) is 6.18. The van der Waals surface area contributed by atoms with E-state index < -0.39 is 0 Å². The molecule has 0 unspecified atom stereocenters. The molecule has 0 spiro atoms. The zero-order valence-electron chi connectivity index (χ0n) is 7.61. The molecular formula is C7H11N5O. The molecule has 1 aromatic heterocycles. The lowest BCUT2D eigenvalue weighted by Gasteiger charge is -1.90. The maximum Gasteiger partial charge on any atom is 0.187 e. The second kappa shape index (κ2) is 4.34. The number of rotatable bonds is 0. The number of tetrazole rings is 1. The molecule has 1 aliphatic rings. The van der Waals surface area contributed by atoms with Crippen molar-refractivity contribution in [3.8, 4) is 0 Å². The molecule has 2 rings (SSSR count). The monoisotopic (exact) mass is 181 g/mol. The molecule has 0 atom stereocenters. The molecule has 1 aromatic rings. The summed E-state index contributed by atoms with van der Waals surface area (Å²) in [5.41, 5.74) is 0.